The van der Waals surface area contributed by atoms with E-state index in [-0.39, 0.29) is 0 Å². The van der Waals surface area contributed by atoms with E-state index < -0.39 is 0 Å². The summed E-state index contributed by atoms with van der Waals surface area (Å²) in [7, 11) is 0. The average Bonchev–Trinajstić information content (AvgIpc) is 2.98. The average molecular weight is 373 g/mol. The molecule has 4 aromatic carbocycles. The molecular weight excluding hydrogens is 360 g/mol. The molecule has 0 radical (unpaired) electrons. The second kappa shape index (κ2) is 5.22. The highest BCUT2D eigenvalue weighted by Crippen LogP contribution is 2.40. The minimum Gasteiger partial charge on any atom is -0.456 e. The van der Waals surface area contributed by atoms with E-state index in [1.54, 1.807) is 0 Å². The third-order valence-corrected chi connectivity index (χ3v) is 5.22. The molecule has 0 saturated carbocycles. The number of benzene rings is 4. The van der Waals surface area contributed by atoms with Gasteiger partial charge in [-0.25, -0.2) is 0 Å². The minimum absolute atomic E-state index is 0.925. The van der Waals surface area contributed by atoms with Crippen LogP contribution >= 0.6 is 15.9 Å². The van der Waals surface area contributed by atoms with Crippen LogP contribution in [-0.2, 0) is 0 Å². The summed E-state index contributed by atoms with van der Waals surface area (Å²) in [4.78, 5) is 0. The first-order chi connectivity index (χ1) is 11.8. The molecule has 0 N–H and O–H groups in total. The van der Waals surface area contributed by atoms with Gasteiger partial charge in [-0.15, -0.1) is 0 Å². The van der Waals surface area contributed by atoms with E-state index in [9.17, 15) is 0 Å². The number of halogens is 1. The van der Waals surface area contributed by atoms with Crippen LogP contribution in [0.2, 0.25) is 0 Å². The van der Waals surface area contributed by atoms with Gasteiger partial charge >= 0.3 is 0 Å². The summed E-state index contributed by atoms with van der Waals surface area (Å²) >= 11 is 3.68. The zero-order chi connectivity index (χ0) is 16.1. The lowest BCUT2D eigenvalue weighted by molar-refractivity contribution is 0.669. The molecule has 0 amide bonds. The van der Waals surface area contributed by atoms with E-state index >= 15 is 0 Å². The van der Waals surface area contributed by atoms with Crippen molar-refractivity contribution in [2.24, 2.45) is 0 Å². The van der Waals surface area contributed by atoms with Crippen molar-refractivity contribution >= 4 is 48.6 Å². The molecule has 24 heavy (non-hydrogen) atoms. The highest BCUT2D eigenvalue weighted by molar-refractivity contribution is 9.10. The maximum atomic E-state index is 6.15. The number of rotatable bonds is 1. The monoisotopic (exact) mass is 372 g/mol. The predicted molar refractivity (Wildman–Crippen MR) is 104 cm³/mol. The first-order valence-electron chi connectivity index (χ1n) is 7.90. The molecule has 0 aliphatic rings. The van der Waals surface area contributed by atoms with Crippen molar-refractivity contribution in [3.63, 3.8) is 0 Å². The van der Waals surface area contributed by atoms with Gasteiger partial charge in [0.1, 0.15) is 11.2 Å². The summed E-state index contributed by atoms with van der Waals surface area (Å²) in [6.07, 6.45) is 0. The highest BCUT2D eigenvalue weighted by atomic mass is 79.9. The van der Waals surface area contributed by atoms with Crippen molar-refractivity contribution in [2.45, 2.75) is 0 Å². The molecule has 0 saturated heterocycles. The topological polar surface area (TPSA) is 13.1 Å². The molecule has 0 bridgehead atoms. The number of furan rings is 1. The summed E-state index contributed by atoms with van der Waals surface area (Å²) in [5.74, 6) is 0. The Morgan fingerprint density at radius 1 is 0.625 bits per heavy atom. The van der Waals surface area contributed by atoms with Gasteiger partial charge in [0.25, 0.3) is 0 Å². The lowest BCUT2D eigenvalue weighted by atomic mass is 9.98. The van der Waals surface area contributed by atoms with Crippen LogP contribution in [0.1, 0.15) is 0 Å². The molecule has 0 unspecified atom stereocenters. The molecule has 114 valence electrons. The summed E-state index contributed by atoms with van der Waals surface area (Å²) in [6.45, 7) is 0. The molecule has 1 nitrogen and oxygen atoms in total. The number of hydrogen-bond acceptors (Lipinski definition) is 1. The van der Waals surface area contributed by atoms with Gasteiger partial charge in [0, 0.05) is 15.2 Å². The van der Waals surface area contributed by atoms with Crippen LogP contribution in [0.4, 0.5) is 0 Å². The summed E-state index contributed by atoms with van der Waals surface area (Å²) in [5.41, 5.74) is 4.23. The second-order valence-electron chi connectivity index (χ2n) is 5.96. The molecular formula is C22H13BrO. The third kappa shape index (κ3) is 2.00. The Morgan fingerprint density at radius 3 is 2.17 bits per heavy atom. The number of fused-ring (bicyclic) bond motifs is 4. The van der Waals surface area contributed by atoms with Crippen LogP contribution in [0, 0.1) is 0 Å². The fourth-order valence-corrected chi connectivity index (χ4v) is 3.91. The van der Waals surface area contributed by atoms with Crippen LogP contribution in [0.3, 0.4) is 0 Å². The summed E-state index contributed by atoms with van der Waals surface area (Å²) in [6, 6.07) is 27.3. The molecule has 1 heterocycles. The predicted octanol–water partition coefficient (Wildman–Crippen LogP) is 7.17. The largest absolute Gasteiger partial charge is 0.456 e. The van der Waals surface area contributed by atoms with E-state index in [1.165, 1.54) is 27.3 Å². The van der Waals surface area contributed by atoms with Gasteiger partial charge in [-0.3, -0.25) is 0 Å². The number of hydrogen-bond donors (Lipinski definition) is 0. The first kappa shape index (κ1) is 13.8. The van der Waals surface area contributed by atoms with Gasteiger partial charge in [0.05, 0.1) is 0 Å². The van der Waals surface area contributed by atoms with Gasteiger partial charge in [0.15, 0.2) is 0 Å². The van der Waals surface area contributed by atoms with Crippen LogP contribution < -0.4 is 0 Å². The quantitative estimate of drug-likeness (QED) is 0.304. The van der Waals surface area contributed by atoms with E-state index in [0.29, 0.717) is 0 Å². The van der Waals surface area contributed by atoms with Gasteiger partial charge < -0.3 is 4.42 Å². The van der Waals surface area contributed by atoms with Crippen LogP contribution in [0.5, 0.6) is 0 Å². The zero-order valence-electron chi connectivity index (χ0n) is 12.8. The fourth-order valence-electron chi connectivity index (χ4n) is 3.42. The van der Waals surface area contributed by atoms with Gasteiger partial charge in [-0.05, 0) is 46.2 Å². The molecule has 0 spiro atoms. The van der Waals surface area contributed by atoms with Crippen LogP contribution in [-0.4, -0.2) is 0 Å². The normalized spacial score (nSPS) is 11.5. The SMILES string of the molecule is Brc1ccccc1-c1cccc2oc3cc4ccccc4cc3c12. The molecule has 0 fully saturated rings. The van der Waals surface area contributed by atoms with Crippen molar-refractivity contribution in [3.05, 3.63) is 83.3 Å². The lowest BCUT2D eigenvalue weighted by Crippen LogP contribution is -1.81. The van der Waals surface area contributed by atoms with Crippen molar-refractivity contribution in [1.82, 2.24) is 0 Å². The van der Waals surface area contributed by atoms with E-state index in [1.807, 2.05) is 12.1 Å². The molecule has 0 aliphatic carbocycles. The Balaban J connectivity index is 1.95. The lowest BCUT2D eigenvalue weighted by Gasteiger charge is -2.06. The Morgan fingerprint density at radius 2 is 1.33 bits per heavy atom. The maximum absolute atomic E-state index is 6.15. The third-order valence-electron chi connectivity index (χ3n) is 4.53. The second-order valence-corrected chi connectivity index (χ2v) is 6.81. The Kier molecular flexibility index (Phi) is 3.00. The van der Waals surface area contributed by atoms with Crippen molar-refractivity contribution in [3.8, 4) is 11.1 Å². The van der Waals surface area contributed by atoms with E-state index in [4.69, 9.17) is 4.42 Å². The Labute approximate surface area is 147 Å². The highest BCUT2D eigenvalue weighted by Gasteiger charge is 2.14. The fraction of sp³-hybridized carbons (Fsp3) is 0. The van der Waals surface area contributed by atoms with Gasteiger partial charge in [-0.2, -0.15) is 0 Å². The Bertz CT molecular complexity index is 1220. The van der Waals surface area contributed by atoms with Crippen LogP contribution in [0.15, 0.2) is 87.8 Å². The van der Waals surface area contributed by atoms with Crippen molar-refractivity contribution in [2.75, 3.05) is 0 Å². The summed E-state index contributed by atoms with van der Waals surface area (Å²) in [5, 5.41) is 4.77. The summed E-state index contributed by atoms with van der Waals surface area (Å²) < 4.78 is 7.24. The molecule has 5 aromatic rings. The molecule has 0 atom stereocenters. The van der Waals surface area contributed by atoms with Gasteiger partial charge in [0.2, 0.25) is 0 Å². The smallest absolute Gasteiger partial charge is 0.136 e. The van der Waals surface area contributed by atoms with Crippen molar-refractivity contribution < 1.29 is 4.42 Å². The zero-order valence-corrected chi connectivity index (χ0v) is 14.4. The van der Waals surface area contributed by atoms with Crippen LogP contribution in [0.25, 0.3) is 43.8 Å². The Hall–Kier alpha value is -2.58. The minimum atomic E-state index is 0.925. The standard InChI is InChI=1S/C22H13BrO/c23-19-10-4-3-8-16(19)17-9-5-11-20-22(17)18-12-14-6-1-2-7-15(14)13-21(18)24-20/h1-13H. The molecule has 2 heteroatoms. The molecule has 5 rings (SSSR count). The first-order valence-corrected chi connectivity index (χ1v) is 8.69. The molecule has 0 aliphatic heterocycles. The molecule has 1 aromatic heterocycles. The van der Waals surface area contributed by atoms with E-state index in [0.717, 1.165) is 21.0 Å². The van der Waals surface area contributed by atoms with Crippen molar-refractivity contribution in [1.29, 1.82) is 0 Å². The van der Waals surface area contributed by atoms with E-state index in [2.05, 4.69) is 82.7 Å². The maximum Gasteiger partial charge on any atom is 0.136 e. The van der Waals surface area contributed by atoms with Gasteiger partial charge in [-0.1, -0.05) is 70.5 Å².